The van der Waals surface area contributed by atoms with Gasteiger partial charge in [0, 0.05) is 16.8 Å². The Balaban J connectivity index is 1.89. The van der Waals surface area contributed by atoms with Gasteiger partial charge < -0.3 is 4.90 Å². The van der Waals surface area contributed by atoms with E-state index in [1.165, 1.54) is 39.3 Å². The lowest BCUT2D eigenvalue weighted by atomic mass is 9.95. The maximum Gasteiger partial charge on any atom is 0.0537 e. The van der Waals surface area contributed by atoms with Gasteiger partial charge >= 0.3 is 0 Å². The van der Waals surface area contributed by atoms with Crippen molar-refractivity contribution in [3.8, 4) is 22.3 Å². The van der Waals surface area contributed by atoms with Crippen LogP contribution in [0.3, 0.4) is 0 Å². The Bertz CT molecular complexity index is 943. The second kappa shape index (κ2) is 5.78. The Hall–Kier alpha value is -3.06. The van der Waals surface area contributed by atoms with Crippen LogP contribution in [0.25, 0.3) is 22.3 Å². The molecule has 2 aliphatic rings. The second-order valence-corrected chi connectivity index (χ2v) is 6.54. The molecule has 0 N–H and O–H groups in total. The van der Waals surface area contributed by atoms with Gasteiger partial charge in [-0.2, -0.15) is 0 Å². The summed E-state index contributed by atoms with van der Waals surface area (Å²) in [5.41, 5.74) is 9.09. The third kappa shape index (κ3) is 2.24. The van der Waals surface area contributed by atoms with Crippen LogP contribution in [0.15, 0.2) is 96.7 Å². The Morgan fingerprint density at radius 2 is 1.12 bits per heavy atom. The minimum absolute atomic E-state index is 1.06. The first-order chi connectivity index (χ1) is 12.4. The van der Waals surface area contributed by atoms with Crippen LogP contribution in [0.5, 0.6) is 0 Å². The number of para-hydroxylation sites is 2. The first kappa shape index (κ1) is 14.3. The molecule has 1 heterocycles. The van der Waals surface area contributed by atoms with Gasteiger partial charge in [-0.1, -0.05) is 72.8 Å². The fourth-order valence-corrected chi connectivity index (χ4v) is 3.96. The Morgan fingerprint density at radius 3 is 1.64 bits per heavy atom. The van der Waals surface area contributed by atoms with Gasteiger partial charge in [-0.3, -0.25) is 0 Å². The van der Waals surface area contributed by atoms with Crippen LogP contribution >= 0.6 is 0 Å². The van der Waals surface area contributed by atoms with E-state index in [-0.39, 0.29) is 0 Å². The molecule has 0 saturated heterocycles. The molecule has 0 spiro atoms. The van der Waals surface area contributed by atoms with Gasteiger partial charge in [0.15, 0.2) is 0 Å². The molecule has 1 nitrogen and oxygen atoms in total. The third-order valence-corrected chi connectivity index (χ3v) is 5.08. The Labute approximate surface area is 148 Å². The van der Waals surface area contributed by atoms with E-state index in [9.17, 15) is 0 Å². The highest BCUT2D eigenvalue weighted by Gasteiger charge is 2.26. The van der Waals surface area contributed by atoms with E-state index in [2.05, 4.69) is 95.9 Å². The lowest BCUT2D eigenvalue weighted by molar-refractivity contribution is 0.919. The van der Waals surface area contributed by atoms with Crippen molar-refractivity contribution in [1.82, 2.24) is 0 Å². The van der Waals surface area contributed by atoms with Crippen LogP contribution < -0.4 is 4.90 Å². The first-order valence-electron chi connectivity index (χ1n) is 8.87. The van der Waals surface area contributed by atoms with Gasteiger partial charge in [0.2, 0.25) is 0 Å². The maximum absolute atomic E-state index is 2.45. The Kier molecular flexibility index (Phi) is 3.31. The summed E-state index contributed by atoms with van der Waals surface area (Å²) in [6.07, 6.45) is 8.85. The molecule has 3 aromatic carbocycles. The minimum atomic E-state index is 1.06. The number of benzene rings is 3. The van der Waals surface area contributed by atoms with Gasteiger partial charge in [0.1, 0.15) is 0 Å². The molecule has 1 heteroatoms. The summed E-state index contributed by atoms with van der Waals surface area (Å²) in [6.45, 7) is 0. The van der Waals surface area contributed by atoms with Gasteiger partial charge in [-0.25, -0.2) is 0 Å². The molecule has 120 valence electrons. The van der Waals surface area contributed by atoms with Crippen molar-refractivity contribution in [3.05, 3.63) is 96.7 Å². The zero-order valence-corrected chi connectivity index (χ0v) is 14.0. The molecule has 0 saturated carbocycles. The van der Waals surface area contributed by atoms with Crippen molar-refractivity contribution in [2.24, 2.45) is 0 Å². The largest absolute Gasteiger partial charge is 0.313 e. The van der Waals surface area contributed by atoms with E-state index in [1.807, 2.05) is 0 Å². The van der Waals surface area contributed by atoms with E-state index >= 15 is 0 Å². The summed E-state index contributed by atoms with van der Waals surface area (Å²) in [6, 6.07) is 26.3. The maximum atomic E-state index is 2.45. The topological polar surface area (TPSA) is 3.24 Å². The number of allylic oxidation sites excluding steroid dienone is 4. The SMILES string of the molecule is C1=CCCC(N2c3ccccc3-c3ccccc3-c3ccccc32)=C1. The summed E-state index contributed by atoms with van der Waals surface area (Å²) < 4.78 is 0. The fraction of sp³-hybridized carbons (Fsp3) is 0.0833. The number of rotatable bonds is 1. The predicted octanol–water partition coefficient (Wildman–Crippen LogP) is 6.71. The normalized spacial score (nSPS) is 14.9. The quantitative estimate of drug-likeness (QED) is 0.481. The average Bonchev–Trinajstić information content (AvgIpc) is 2.82. The molecule has 0 bridgehead atoms. The molecule has 5 rings (SSSR count). The van der Waals surface area contributed by atoms with Crippen LogP contribution in [-0.4, -0.2) is 0 Å². The van der Waals surface area contributed by atoms with E-state index in [0.29, 0.717) is 0 Å². The van der Waals surface area contributed by atoms with E-state index < -0.39 is 0 Å². The van der Waals surface area contributed by atoms with Crippen molar-refractivity contribution in [1.29, 1.82) is 0 Å². The van der Waals surface area contributed by atoms with Crippen LogP contribution in [0, 0.1) is 0 Å². The highest BCUT2D eigenvalue weighted by atomic mass is 15.2. The smallest absolute Gasteiger partial charge is 0.0537 e. The highest BCUT2D eigenvalue weighted by Crippen LogP contribution is 2.49. The van der Waals surface area contributed by atoms with E-state index in [4.69, 9.17) is 0 Å². The molecule has 0 radical (unpaired) electrons. The lowest BCUT2D eigenvalue weighted by Gasteiger charge is -2.30. The number of anilines is 2. The molecule has 0 amide bonds. The van der Waals surface area contributed by atoms with Crippen molar-refractivity contribution in [3.63, 3.8) is 0 Å². The van der Waals surface area contributed by atoms with Gasteiger partial charge in [-0.05, 0) is 42.2 Å². The molecule has 0 atom stereocenters. The second-order valence-electron chi connectivity index (χ2n) is 6.54. The number of nitrogens with zero attached hydrogens (tertiary/aromatic N) is 1. The Morgan fingerprint density at radius 1 is 0.600 bits per heavy atom. The lowest BCUT2D eigenvalue weighted by Crippen LogP contribution is -2.17. The number of fused-ring (bicyclic) bond motifs is 5. The molecular weight excluding hydrogens is 302 g/mol. The van der Waals surface area contributed by atoms with Crippen LogP contribution in [0.4, 0.5) is 11.4 Å². The fourth-order valence-electron chi connectivity index (χ4n) is 3.96. The summed E-state index contributed by atoms with van der Waals surface area (Å²) in [5.74, 6) is 0. The van der Waals surface area contributed by atoms with Crippen molar-refractivity contribution in [2.45, 2.75) is 12.8 Å². The first-order valence-corrected chi connectivity index (χ1v) is 8.87. The summed E-state index contributed by atoms with van der Waals surface area (Å²) in [5, 5.41) is 0. The molecule has 3 aromatic rings. The summed E-state index contributed by atoms with van der Waals surface area (Å²) in [4.78, 5) is 2.45. The summed E-state index contributed by atoms with van der Waals surface area (Å²) in [7, 11) is 0. The zero-order chi connectivity index (χ0) is 16.6. The van der Waals surface area contributed by atoms with Crippen molar-refractivity contribution >= 4 is 11.4 Å². The van der Waals surface area contributed by atoms with Crippen LogP contribution in [-0.2, 0) is 0 Å². The van der Waals surface area contributed by atoms with E-state index in [1.54, 1.807) is 0 Å². The molecule has 0 aromatic heterocycles. The molecular formula is C24H19N. The van der Waals surface area contributed by atoms with Gasteiger partial charge in [0.05, 0.1) is 11.4 Å². The predicted molar refractivity (Wildman–Crippen MR) is 106 cm³/mol. The van der Waals surface area contributed by atoms with Crippen LogP contribution in [0.1, 0.15) is 12.8 Å². The highest BCUT2D eigenvalue weighted by molar-refractivity contribution is 6.00. The van der Waals surface area contributed by atoms with E-state index in [0.717, 1.165) is 12.8 Å². The molecule has 25 heavy (non-hydrogen) atoms. The van der Waals surface area contributed by atoms with Gasteiger partial charge in [0.25, 0.3) is 0 Å². The number of hydrogen-bond acceptors (Lipinski definition) is 1. The monoisotopic (exact) mass is 321 g/mol. The summed E-state index contributed by atoms with van der Waals surface area (Å²) >= 11 is 0. The third-order valence-electron chi connectivity index (χ3n) is 5.08. The zero-order valence-electron chi connectivity index (χ0n) is 14.0. The average molecular weight is 321 g/mol. The van der Waals surface area contributed by atoms with Gasteiger partial charge in [-0.15, -0.1) is 0 Å². The standard InChI is InChI=1S/C24H19N/c1-2-10-18(11-3-1)25-23-16-8-6-14-21(23)19-12-4-5-13-20(19)22-15-7-9-17-24(22)25/h1-2,4-10,12-17H,3,11H2. The van der Waals surface area contributed by atoms with Crippen LogP contribution in [0.2, 0.25) is 0 Å². The minimum Gasteiger partial charge on any atom is -0.313 e. The molecule has 1 aliphatic carbocycles. The molecule has 0 unspecified atom stereocenters. The number of hydrogen-bond donors (Lipinski definition) is 0. The van der Waals surface area contributed by atoms with Crippen molar-refractivity contribution < 1.29 is 0 Å². The van der Waals surface area contributed by atoms with Crippen molar-refractivity contribution in [2.75, 3.05) is 4.90 Å². The molecule has 1 aliphatic heterocycles. The molecule has 0 fully saturated rings.